The maximum absolute atomic E-state index is 11.9. The minimum absolute atomic E-state index is 0.131. The predicted octanol–water partition coefficient (Wildman–Crippen LogP) is 3.09. The monoisotopic (exact) mass is 381 g/mol. The molecular weight excluding hydrogens is 365 g/mol. The van der Waals surface area contributed by atoms with Gasteiger partial charge in [0.15, 0.2) is 0 Å². The second kappa shape index (κ2) is 9.12. The Morgan fingerprint density at radius 1 is 1.50 bits per heavy atom. The van der Waals surface area contributed by atoms with E-state index in [0.717, 1.165) is 23.8 Å². The van der Waals surface area contributed by atoms with Gasteiger partial charge in [0, 0.05) is 17.7 Å². The molecule has 134 valence electrons. The van der Waals surface area contributed by atoms with Crippen molar-refractivity contribution < 1.29 is 33.6 Å². The van der Waals surface area contributed by atoms with E-state index in [2.05, 4.69) is 9.56 Å². The van der Waals surface area contributed by atoms with E-state index in [1.54, 1.807) is 13.8 Å². The molecule has 0 aliphatic carbocycles. The van der Waals surface area contributed by atoms with Gasteiger partial charge in [-0.15, -0.1) is 16.3 Å². The molecule has 1 rings (SSSR count). The Bertz CT molecular complexity index is 661. The van der Waals surface area contributed by atoms with Gasteiger partial charge < -0.3 is 9.63 Å². The lowest BCUT2D eigenvalue weighted by atomic mass is 10.2. The standard InChI is InChI=1S/C13H17ClNO8P/c1-9(2)5-12(8-16)21-23-24(19,20)22-13-4-3-11(15(17)18)6-10(13)7-14/h3-6,12,16H,7-8H2,1-2H3,(H,19,20). The Kier molecular flexibility index (Phi) is 7.82. The summed E-state index contributed by atoms with van der Waals surface area (Å²) in [7, 11) is -4.69. The van der Waals surface area contributed by atoms with Gasteiger partial charge in [0.1, 0.15) is 11.9 Å². The number of allylic oxidation sites excluding steroid dienone is 1. The molecule has 9 nitrogen and oxygen atoms in total. The third kappa shape index (κ3) is 6.56. The molecule has 24 heavy (non-hydrogen) atoms. The molecule has 2 unspecified atom stereocenters. The van der Waals surface area contributed by atoms with Crippen molar-refractivity contribution >= 4 is 25.1 Å². The number of aliphatic hydroxyl groups excluding tert-OH is 1. The van der Waals surface area contributed by atoms with E-state index < -0.39 is 25.5 Å². The van der Waals surface area contributed by atoms with Gasteiger partial charge in [-0.05, 0) is 19.9 Å². The average molecular weight is 382 g/mol. The van der Waals surface area contributed by atoms with Gasteiger partial charge in [-0.2, -0.15) is 0 Å². The van der Waals surface area contributed by atoms with Crippen LogP contribution in [0.2, 0.25) is 0 Å². The molecule has 2 atom stereocenters. The molecule has 0 saturated carbocycles. The van der Waals surface area contributed by atoms with Gasteiger partial charge >= 0.3 is 7.82 Å². The fourth-order valence-electron chi connectivity index (χ4n) is 1.60. The highest BCUT2D eigenvalue weighted by Gasteiger charge is 2.28. The summed E-state index contributed by atoms with van der Waals surface area (Å²) in [5.74, 6) is -0.345. The van der Waals surface area contributed by atoms with Gasteiger partial charge in [0.2, 0.25) is 0 Å². The highest BCUT2D eigenvalue weighted by molar-refractivity contribution is 7.47. The lowest BCUT2D eigenvalue weighted by molar-refractivity contribution is -0.384. The largest absolute Gasteiger partial charge is 0.555 e. The van der Waals surface area contributed by atoms with E-state index in [4.69, 9.17) is 21.2 Å². The van der Waals surface area contributed by atoms with Crippen LogP contribution >= 0.6 is 19.4 Å². The molecule has 0 aromatic heterocycles. The Morgan fingerprint density at radius 2 is 2.17 bits per heavy atom. The number of benzene rings is 1. The number of nitro groups is 1. The molecule has 0 amide bonds. The molecule has 1 aromatic rings. The Morgan fingerprint density at radius 3 is 2.67 bits per heavy atom. The lowest BCUT2D eigenvalue weighted by Gasteiger charge is -2.16. The summed E-state index contributed by atoms with van der Waals surface area (Å²) in [5, 5.41) is 19.8. The zero-order valence-electron chi connectivity index (χ0n) is 12.9. The average Bonchev–Trinajstić information content (AvgIpc) is 2.50. The van der Waals surface area contributed by atoms with E-state index >= 15 is 0 Å². The first-order valence-electron chi connectivity index (χ1n) is 6.65. The molecule has 2 N–H and O–H groups in total. The van der Waals surface area contributed by atoms with Crippen LogP contribution in [0.4, 0.5) is 5.69 Å². The first-order chi connectivity index (χ1) is 11.2. The zero-order chi connectivity index (χ0) is 18.3. The molecule has 0 fully saturated rings. The third-order valence-corrected chi connectivity index (χ3v) is 3.56. The summed E-state index contributed by atoms with van der Waals surface area (Å²) in [6, 6.07) is 3.33. The van der Waals surface area contributed by atoms with Gasteiger partial charge in [-0.3, -0.25) is 15.0 Å². The fraction of sp³-hybridized carbons (Fsp3) is 0.385. The molecule has 0 radical (unpaired) electrons. The van der Waals surface area contributed by atoms with E-state index in [-0.39, 0.29) is 22.9 Å². The maximum Gasteiger partial charge on any atom is 0.555 e. The summed E-state index contributed by atoms with van der Waals surface area (Å²) in [4.78, 5) is 24.4. The molecule has 0 saturated heterocycles. The first kappa shape index (κ1) is 20.6. The Hall–Kier alpha value is -1.48. The van der Waals surface area contributed by atoms with Crippen LogP contribution < -0.4 is 4.52 Å². The van der Waals surface area contributed by atoms with Crippen LogP contribution in [0.25, 0.3) is 0 Å². The first-order valence-corrected chi connectivity index (χ1v) is 8.68. The molecule has 1 aromatic carbocycles. The number of halogens is 1. The Balaban J connectivity index is 2.85. The third-order valence-electron chi connectivity index (χ3n) is 2.57. The number of hydrogen-bond acceptors (Lipinski definition) is 7. The van der Waals surface area contributed by atoms with E-state index in [1.807, 2.05) is 0 Å². The smallest absolute Gasteiger partial charge is 0.402 e. The summed E-state index contributed by atoms with van der Waals surface area (Å²) in [6.45, 7) is 3.00. The van der Waals surface area contributed by atoms with Crippen LogP contribution in [-0.2, 0) is 20.0 Å². The van der Waals surface area contributed by atoms with Crippen LogP contribution in [0.3, 0.4) is 0 Å². The van der Waals surface area contributed by atoms with E-state index in [9.17, 15) is 19.6 Å². The number of hydrogen-bond donors (Lipinski definition) is 2. The summed E-state index contributed by atoms with van der Waals surface area (Å²) in [5.41, 5.74) is 0.685. The maximum atomic E-state index is 11.9. The highest BCUT2D eigenvalue weighted by atomic mass is 35.5. The Labute approximate surface area is 143 Å². The quantitative estimate of drug-likeness (QED) is 0.167. The normalized spacial score (nSPS) is 14.5. The number of nitro benzene ring substituents is 1. The topological polar surface area (TPSA) is 128 Å². The van der Waals surface area contributed by atoms with Crippen LogP contribution in [0.5, 0.6) is 5.75 Å². The number of alkyl halides is 1. The van der Waals surface area contributed by atoms with Gasteiger partial charge in [0.05, 0.1) is 17.4 Å². The minimum Gasteiger partial charge on any atom is -0.402 e. The molecule has 0 aliphatic rings. The van der Waals surface area contributed by atoms with Crippen molar-refractivity contribution in [3.8, 4) is 5.75 Å². The second-order valence-electron chi connectivity index (χ2n) is 4.88. The lowest BCUT2D eigenvalue weighted by Crippen LogP contribution is -2.15. The molecule has 0 heterocycles. The summed E-state index contributed by atoms with van der Waals surface area (Å²) in [6.07, 6.45) is 0.527. The molecule has 0 bridgehead atoms. The fourth-order valence-corrected chi connectivity index (χ4v) is 2.49. The van der Waals surface area contributed by atoms with Crippen LogP contribution in [0, 0.1) is 10.1 Å². The van der Waals surface area contributed by atoms with Crippen molar-refractivity contribution in [3.05, 3.63) is 45.5 Å². The van der Waals surface area contributed by atoms with Gasteiger partial charge in [-0.1, -0.05) is 11.6 Å². The van der Waals surface area contributed by atoms with Crippen molar-refractivity contribution in [1.82, 2.24) is 0 Å². The van der Waals surface area contributed by atoms with Crippen LogP contribution in [0.1, 0.15) is 19.4 Å². The molecule has 11 heteroatoms. The number of rotatable bonds is 9. The summed E-state index contributed by atoms with van der Waals surface area (Å²) < 4.78 is 21.1. The van der Waals surface area contributed by atoms with Gasteiger partial charge in [-0.25, -0.2) is 9.45 Å². The number of non-ortho nitro benzene ring substituents is 1. The molecule has 0 spiro atoms. The zero-order valence-corrected chi connectivity index (χ0v) is 14.6. The van der Waals surface area contributed by atoms with Gasteiger partial charge in [0.25, 0.3) is 5.69 Å². The van der Waals surface area contributed by atoms with Crippen molar-refractivity contribution in [3.63, 3.8) is 0 Å². The number of nitrogens with zero attached hydrogens (tertiary/aromatic N) is 1. The van der Waals surface area contributed by atoms with Crippen molar-refractivity contribution in [2.24, 2.45) is 0 Å². The van der Waals surface area contributed by atoms with Crippen molar-refractivity contribution in [2.45, 2.75) is 25.8 Å². The highest BCUT2D eigenvalue weighted by Crippen LogP contribution is 2.46. The minimum atomic E-state index is -4.69. The summed E-state index contributed by atoms with van der Waals surface area (Å²) >= 11 is 5.66. The van der Waals surface area contributed by atoms with Crippen LogP contribution in [0.15, 0.2) is 29.8 Å². The number of phosphoric acid groups is 1. The van der Waals surface area contributed by atoms with Crippen molar-refractivity contribution in [1.29, 1.82) is 0 Å². The SMILES string of the molecule is CC(C)=CC(CO)OOP(=O)(O)Oc1ccc([N+](=O)[O-])cc1CCl. The van der Waals surface area contributed by atoms with E-state index in [0.29, 0.717) is 0 Å². The second-order valence-corrected chi connectivity index (χ2v) is 6.41. The number of phosphoric ester groups is 1. The molecular formula is C13H17ClNO8P. The van der Waals surface area contributed by atoms with Crippen molar-refractivity contribution in [2.75, 3.05) is 6.61 Å². The van der Waals surface area contributed by atoms with E-state index in [1.165, 1.54) is 6.08 Å². The van der Waals surface area contributed by atoms with Crippen LogP contribution in [-0.4, -0.2) is 27.6 Å². The molecule has 0 aliphatic heterocycles. The number of aliphatic hydroxyl groups is 1. The predicted molar refractivity (Wildman–Crippen MR) is 85.6 cm³/mol.